The van der Waals surface area contributed by atoms with Crippen molar-refractivity contribution in [3.8, 4) is 22.8 Å². The number of nitrogens with zero attached hydrogens (tertiary/aromatic N) is 5. The molecule has 3 aromatic heterocycles. The standard InChI is InChI=1S/C23H18ClN5O2S2/c1-14-12-32-22-25-15(11-20(30)28(14)22)13-33-23-27-26-21(18-5-3-4-6-19(18)24)29(23)16-7-9-17(31-2)10-8-16/h3-12H,13H2,1-2H3. The first-order valence-corrected chi connectivity index (χ1v) is 12.2. The third-order valence-electron chi connectivity index (χ3n) is 5.06. The Bertz CT molecular complexity index is 1510. The van der Waals surface area contributed by atoms with Gasteiger partial charge in [-0.3, -0.25) is 13.8 Å². The smallest absolute Gasteiger partial charge is 0.258 e. The van der Waals surface area contributed by atoms with Crippen molar-refractivity contribution in [2.24, 2.45) is 0 Å². The van der Waals surface area contributed by atoms with Gasteiger partial charge in [-0.05, 0) is 43.3 Å². The van der Waals surface area contributed by atoms with Gasteiger partial charge in [-0.15, -0.1) is 21.5 Å². The normalized spacial score (nSPS) is 11.2. The highest BCUT2D eigenvalue weighted by Gasteiger charge is 2.19. The van der Waals surface area contributed by atoms with E-state index in [-0.39, 0.29) is 5.56 Å². The second-order valence-electron chi connectivity index (χ2n) is 7.19. The maximum absolute atomic E-state index is 12.5. The Kier molecular flexibility index (Phi) is 5.92. The van der Waals surface area contributed by atoms with Gasteiger partial charge in [0, 0.05) is 34.1 Å². The van der Waals surface area contributed by atoms with E-state index in [0.29, 0.717) is 32.4 Å². The second-order valence-corrected chi connectivity index (χ2v) is 9.38. The van der Waals surface area contributed by atoms with Gasteiger partial charge in [-0.1, -0.05) is 35.5 Å². The summed E-state index contributed by atoms with van der Waals surface area (Å²) in [6, 6.07) is 16.8. The van der Waals surface area contributed by atoms with Crippen LogP contribution in [0.4, 0.5) is 0 Å². The van der Waals surface area contributed by atoms with Gasteiger partial charge in [-0.25, -0.2) is 4.98 Å². The Morgan fingerprint density at radius 3 is 2.67 bits per heavy atom. The van der Waals surface area contributed by atoms with Gasteiger partial charge in [0.15, 0.2) is 15.9 Å². The molecular weight excluding hydrogens is 478 g/mol. The van der Waals surface area contributed by atoms with Crippen molar-refractivity contribution in [3.63, 3.8) is 0 Å². The van der Waals surface area contributed by atoms with Gasteiger partial charge < -0.3 is 4.74 Å². The van der Waals surface area contributed by atoms with Crippen LogP contribution in [0.5, 0.6) is 5.75 Å². The van der Waals surface area contributed by atoms with Gasteiger partial charge >= 0.3 is 0 Å². The lowest BCUT2D eigenvalue weighted by atomic mass is 10.2. The van der Waals surface area contributed by atoms with Crippen LogP contribution in [0, 0.1) is 6.92 Å². The lowest BCUT2D eigenvalue weighted by Gasteiger charge is -2.12. The van der Waals surface area contributed by atoms with Crippen LogP contribution < -0.4 is 10.3 Å². The van der Waals surface area contributed by atoms with Crippen molar-refractivity contribution in [2.45, 2.75) is 17.8 Å². The highest BCUT2D eigenvalue weighted by Crippen LogP contribution is 2.33. The van der Waals surface area contributed by atoms with Crippen LogP contribution in [0.1, 0.15) is 11.4 Å². The molecule has 0 saturated heterocycles. The minimum absolute atomic E-state index is 0.0808. The van der Waals surface area contributed by atoms with Gasteiger partial charge in [-0.2, -0.15) is 0 Å². The van der Waals surface area contributed by atoms with E-state index in [2.05, 4.69) is 15.2 Å². The zero-order valence-corrected chi connectivity index (χ0v) is 20.1. The van der Waals surface area contributed by atoms with E-state index in [1.807, 2.05) is 65.4 Å². The molecule has 0 radical (unpaired) electrons. The van der Waals surface area contributed by atoms with Crippen molar-refractivity contribution >= 4 is 39.7 Å². The molecule has 3 heterocycles. The number of hydrogen-bond donors (Lipinski definition) is 0. The molecule has 33 heavy (non-hydrogen) atoms. The molecule has 0 bridgehead atoms. The SMILES string of the molecule is COc1ccc(-n2c(SCc3cc(=O)n4c(C)csc4n3)nnc2-c2ccccc2Cl)cc1. The summed E-state index contributed by atoms with van der Waals surface area (Å²) in [7, 11) is 1.63. The molecule has 0 amide bonds. The van der Waals surface area contributed by atoms with Crippen molar-refractivity contribution in [2.75, 3.05) is 7.11 Å². The molecule has 0 atom stereocenters. The van der Waals surface area contributed by atoms with E-state index in [1.54, 1.807) is 17.6 Å². The topological polar surface area (TPSA) is 74.3 Å². The average molecular weight is 496 g/mol. The van der Waals surface area contributed by atoms with Crippen LogP contribution in [0.25, 0.3) is 22.0 Å². The molecule has 7 nitrogen and oxygen atoms in total. The van der Waals surface area contributed by atoms with Crippen LogP contribution in [0.2, 0.25) is 5.02 Å². The maximum atomic E-state index is 12.5. The highest BCUT2D eigenvalue weighted by atomic mass is 35.5. The molecule has 5 rings (SSSR count). The molecule has 2 aromatic carbocycles. The van der Waals surface area contributed by atoms with E-state index in [9.17, 15) is 4.79 Å². The summed E-state index contributed by atoms with van der Waals surface area (Å²) in [5, 5.41) is 12.1. The van der Waals surface area contributed by atoms with Gasteiger partial charge in [0.1, 0.15) is 5.75 Å². The number of ether oxygens (including phenoxy) is 1. The van der Waals surface area contributed by atoms with Gasteiger partial charge in [0.25, 0.3) is 5.56 Å². The molecule has 0 N–H and O–H groups in total. The predicted molar refractivity (Wildman–Crippen MR) is 132 cm³/mol. The van der Waals surface area contributed by atoms with Crippen molar-refractivity contribution in [1.82, 2.24) is 24.1 Å². The number of fused-ring (bicyclic) bond motifs is 1. The minimum Gasteiger partial charge on any atom is -0.497 e. The number of halogens is 1. The molecule has 166 valence electrons. The molecule has 0 unspecified atom stereocenters. The number of aromatic nitrogens is 5. The number of thiazole rings is 1. The third kappa shape index (κ3) is 4.15. The second kappa shape index (κ2) is 9.01. The number of benzene rings is 2. The molecule has 0 aliphatic heterocycles. The fraction of sp³-hybridized carbons (Fsp3) is 0.130. The summed E-state index contributed by atoms with van der Waals surface area (Å²) in [4.78, 5) is 17.9. The van der Waals surface area contributed by atoms with Crippen molar-refractivity contribution in [3.05, 3.63) is 86.7 Å². The Labute approximate surface area is 202 Å². The lowest BCUT2D eigenvalue weighted by Crippen LogP contribution is -2.14. The van der Waals surface area contributed by atoms with Crippen LogP contribution >= 0.6 is 34.7 Å². The summed E-state index contributed by atoms with van der Waals surface area (Å²) < 4.78 is 8.87. The molecule has 0 fully saturated rings. The Balaban J connectivity index is 1.54. The summed E-state index contributed by atoms with van der Waals surface area (Å²) in [5.41, 5.74) is 3.14. The molecule has 0 saturated carbocycles. The first kappa shape index (κ1) is 21.7. The molecule has 0 aliphatic carbocycles. The molecular formula is C23H18ClN5O2S2. The van der Waals surface area contributed by atoms with Gasteiger partial charge in [0.2, 0.25) is 0 Å². The van der Waals surface area contributed by atoms with Crippen LogP contribution in [-0.4, -0.2) is 31.3 Å². The van der Waals surface area contributed by atoms with E-state index < -0.39 is 0 Å². The quantitative estimate of drug-likeness (QED) is 0.299. The van der Waals surface area contributed by atoms with Gasteiger partial charge in [0.05, 0.1) is 17.8 Å². The third-order valence-corrected chi connectivity index (χ3v) is 7.29. The summed E-state index contributed by atoms with van der Waals surface area (Å²) >= 11 is 9.38. The zero-order chi connectivity index (χ0) is 22.9. The van der Waals surface area contributed by atoms with E-state index in [4.69, 9.17) is 16.3 Å². The number of hydrogen-bond acceptors (Lipinski definition) is 7. The predicted octanol–water partition coefficient (Wildman–Crippen LogP) is 5.27. The lowest BCUT2D eigenvalue weighted by molar-refractivity contribution is 0.414. The average Bonchev–Trinajstić information content (AvgIpc) is 3.42. The zero-order valence-electron chi connectivity index (χ0n) is 17.7. The largest absolute Gasteiger partial charge is 0.497 e. The molecule has 0 spiro atoms. The monoisotopic (exact) mass is 495 g/mol. The number of rotatable bonds is 6. The number of methoxy groups -OCH3 is 1. The summed E-state index contributed by atoms with van der Waals surface area (Å²) in [6.07, 6.45) is 0. The van der Waals surface area contributed by atoms with Crippen LogP contribution in [0.3, 0.4) is 0 Å². The Morgan fingerprint density at radius 1 is 1.12 bits per heavy atom. The Morgan fingerprint density at radius 2 is 1.91 bits per heavy atom. The molecule has 10 heteroatoms. The number of aryl methyl sites for hydroxylation is 1. The summed E-state index contributed by atoms with van der Waals surface area (Å²) in [5.74, 6) is 1.86. The summed E-state index contributed by atoms with van der Waals surface area (Å²) in [6.45, 7) is 1.90. The van der Waals surface area contributed by atoms with Crippen molar-refractivity contribution in [1.29, 1.82) is 0 Å². The van der Waals surface area contributed by atoms with E-state index in [1.165, 1.54) is 23.1 Å². The Hall–Kier alpha value is -3.14. The van der Waals surface area contributed by atoms with Crippen molar-refractivity contribution < 1.29 is 4.74 Å². The number of thioether (sulfide) groups is 1. The molecule has 0 aliphatic rings. The molecule has 5 aromatic rings. The first-order valence-electron chi connectivity index (χ1n) is 9.99. The maximum Gasteiger partial charge on any atom is 0.258 e. The highest BCUT2D eigenvalue weighted by molar-refractivity contribution is 7.98. The minimum atomic E-state index is -0.0808. The fourth-order valence-corrected chi connectivity index (χ4v) is 5.41. The fourth-order valence-electron chi connectivity index (χ4n) is 3.46. The van der Waals surface area contributed by atoms with Crippen LogP contribution in [0.15, 0.2) is 69.9 Å². The van der Waals surface area contributed by atoms with E-state index >= 15 is 0 Å². The van der Waals surface area contributed by atoms with Crippen LogP contribution in [-0.2, 0) is 5.75 Å². The van der Waals surface area contributed by atoms with E-state index in [0.717, 1.165) is 22.7 Å². The first-order chi connectivity index (χ1) is 16.0.